The fourth-order valence-corrected chi connectivity index (χ4v) is 5.45. The van der Waals surface area contributed by atoms with Crippen molar-refractivity contribution in [2.45, 2.75) is 85.2 Å². The highest BCUT2D eigenvalue weighted by Gasteiger charge is 2.34. The molecule has 7 heteroatoms. The molecule has 7 nitrogen and oxygen atoms in total. The van der Waals surface area contributed by atoms with Crippen LogP contribution in [0.15, 0.2) is 30.5 Å². The molecule has 1 heterocycles. The first kappa shape index (κ1) is 28.4. The van der Waals surface area contributed by atoms with Crippen molar-refractivity contribution in [2.24, 2.45) is 11.8 Å². The van der Waals surface area contributed by atoms with E-state index < -0.39 is 23.6 Å². The molecule has 0 aliphatic heterocycles. The lowest BCUT2D eigenvalue weighted by molar-refractivity contribution is -0.154. The Morgan fingerprint density at radius 3 is 2.38 bits per heavy atom. The number of rotatable bonds is 10. The van der Waals surface area contributed by atoms with Crippen LogP contribution >= 0.6 is 0 Å². The molecule has 1 aliphatic carbocycles. The van der Waals surface area contributed by atoms with E-state index in [1.54, 1.807) is 6.92 Å². The molecule has 0 bridgehead atoms. The van der Waals surface area contributed by atoms with Crippen LogP contribution in [0.4, 0.5) is 0 Å². The quantitative estimate of drug-likeness (QED) is 0.281. The molecule has 0 spiro atoms. The molecule has 1 aromatic carbocycles. The topological polar surface area (TPSA) is 91.8 Å². The molecule has 1 aromatic heterocycles. The normalized spacial score (nSPS) is 16.4. The zero-order valence-corrected chi connectivity index (χ0v) is 22.8. The van der Waals surface area contributed by atoms with Crippen LogP contribution < -0.4 is 9.47 Å². The number of esters is 2. The minimum atomic E-state index is -0.695. The molecule has 0 amide bonds. The molecule has 0 N–H and O–H groups in total. The number of Topliss-reactive ketones (excluding diaryl/α,β-unsaturated/α-hetero) is 1. The zero-order chi connectivity index (χ0) is 27.1. The second-order valence-corrected chi connectivity index (χ2v) is 10.2. The van der Waals surface area contributed by atoms with Gasteiger partial charge in [-0.3, -0.25) is 14.4 Å². The van der Waals surface area contributed by atoms with E-state index in [0.29, 0.717) is 5.92 Å². The number of hydrogen-bond acceptors (Lipinski definition) is 7. The van der Waals surface area contributed by atoms with E-state index in [2.05, 4.69) is 37.0 Å². The number of aryl methyl sites for hydroxylation is 2. The van der Waals surface area contributed by atoms with Gasteiger partial charge in [-0.2, -0.15) is 0 Å². The van der Waals surface area contributed by atoms with Gasteiger partial charge in [-0.15, -0.1) is 0 Å². The number of carbonyl (C=O) groups is 3. The van der Waals surface area contributed by atoms with Crippen molar-refractivity contribution in [1.82, 2.24) is 4.98 Å². The van der Waals surface area contributed by atoms with Crippen molar-refractivity contribution in [1.29, 1.82) is 0 Å². The first-order valence-corrected chi connectivity index (χ1v) is 13.1. The summed E-state index contributed by atoms with van der Waals surface area (Å²) < 4.78 is 16.4. The predicted molar refractivity (Wildman–Crippen MR) is 141 cm³/mol. The van der Waals surface area contributed by atoms with Gasteiger partial charge >= 0.3 is 11.9 Å². The fourth-order valence-electron chi connectivity index (χ4n) is 5.45. The van der Waals surface area contributed by atoms with Gasteiger partial charge in [0.25, 0.3) is 0 Å². The first-order valence-electron chi connectivity index (χ1n) is 13.1. The molecule has 2 aromatic rings. The maximum Gasteiger partial charge on any atom is 0.309 e. The van der Waals surface area contributed by atoms with Gasteiger partial charge in [-0.05, 0) is 50.7 Å². The zero-order valence-electron chi connectivity index (χ0n) is 22.8. The molecule has 0 radical (unpaired) electrons. The average Bonchev–Trinajstić information content (AvgIpc) is 2.85. The Morgan fingerprint density at radius 1 is 1.05 bits per heavy atom. The standard InChI is InChI=1S/C30H39NO6/c1-18-12-13-24(19(2)16-18)27(23-10-8-7-9-11-23)21(4)36-30(34)20(3)17-25(33)28-29(37-22(5)32)26(35-6)14-15-31-28/h12-16,20-21,23,27H,7-11,17H2,1-6H3/t20-,21+,27-/m1/s1. The van der Waals surface area contributed by atoms with Gasteiger partial charge in [0, 0.05) is 31.5 Å². The Morgan fingerprint density at radius 2 is 1.76 bits per heavy atom. The molecule has 3 atom stereocenters. The molecule has 37 heavy (non-hydrogen) atoms. The third kappa shape index (κ3) is 7.18. The van der Waals surface area contributed by atoms with Crippen LogP contribution in [0.5, 0.6) is 11.5 Å². The lowest BCUT2D eigenvalue weighted by atomic mass is 9.73. The fraction of sp³-hybridized carbons (Fsp3) is 0.533. The van der Waals surface area contributed by atoms with Crippen LogP contribution in [0.25, 0.3) is 0 Å². The van der Waals surface area contributed by atoms with E-state index in [0.717, 1.165) is 12.8 Å². The Hall–Kier alpha value is -3.22. The van der Waals surface area contributed by atoms with E-state index in [9.17, 15) is 14.4 Å². The van der Waals surface area contributed by atoms with Crippen LogP contribution in [-0.4, -0.2) is 35.9 Å². The van der Waals surface area contributed by atoms with Gasteiger partial charge in [0.15, 0.2) is 17.2 Å². The van der Waals surface area contributed by atoms with Crippen LogP contribution in [0.1, 0.15) is 92.4 Å². The first-order chi connectivity index (χ1) is 17.6. The number of methoxy groups -OCH3 is 1. The van der Waals surface area contributed by atoms with Crippen LogP contribution in [0.3, 0.4) is 0 Å². The van der Waals surface area contributed by atoms with Crippen molar-refractivity contribution in [3.05, 3.63) is 52.8 Å². The van der Waals surface area contributed by atoms with Gasteiger partial charge in [-0.1, -0.05) is 49.9 Å². The number of ether oxygens (including phenoxy) is 3. The van der Waals surface area contributed by atoms with Crippen molar-refractivity contribution in [3.63, 3.8) is 0 Å². The average molecular weight is 510 g/mol. The Bertz CT molecular complexity index is 1120. The molecule has 0 unspecified atom stereocenters. The predicted octanol–water partition coefficient (Wildman–Crippen LogP) is 6.14. The molecule has 200 valence electrons. The monoisotopic (exact) mass is 509 g/mol. The SMILES string of the molecule is COc1ccnc(C(=O)C[C@@H](C)C(=O)O[C@@H](C)[C@@H](c2ccc(C)cc2C)C2CCCCC2)c1OC(C)=O. The Kier molecular flexibility index (Phi) is 9.84. The van der Waals surface area contributed by atoms with Gasteiger partial charge in [0.1, 0.15) is 6.10 Å². The second-order valence-electron chi connectivity index (χ2n) is 10.2. The van der Waals surface area contributed by atoms with Gasteiger partial charge in [0.05, 0.1) is 13.0 Å². The van der Waals surface area contributed by atoms with E-state index in [1.165, 1.54) is 62.2 Å². The number of hydrogen-bond donors (Lipinski definition) is 0. The van der Waals surface area contributed by atoms with Crippen molar-refractivity contribution in [2.75, 3.05) is 7.11 Å². The summed E-state index contributed by atoms with van der Waals surface area (Å²) in [6, 6.07) is 7.98. The van der Waals surface area contributed by atoms with Crippen LogP contribution in [0.2, 0.25) is 0 Å². The van der Waals surface area contributed by atoms with Crippen molar-refractivity contribution < 1.29 is 28.6 Å². The minimum Gasteiger partial charge on any atom is -0.493 e. The highest BCUT2D eigenvalue weighted by atomic mass is 16.6. The number of aromatic nitrogens is 1. The number of ketones is 1. The van der Waals surface area contributed by atoms with Gasteiger partial charge in [-0.25, -0.2) is 4.98 Å². The third-order valence-electron chi connectivity index (χ3n) is 7.24. The second kappa shape index (κ2) is 12.8. The Balaban J connectivity index is 1.76. The molecule has 1 saturated carbocycles. The van der Waals surface area contributed by atoms with E-state index in [-0.39, 0.29) is 35.6 Å². The van der Waals surface area contributed by atoms with E-state index in [1.807, 2.05) is 6.92 Å². The van der Waals surface area contributed by atoms with Crippen LogP contribution in [0, 0.1) is 25.7 Å². The summed E-state index contributed by atoms with van der Waals surface area (Å²) in [6.07, 6.45) is 6.81. The highest BCUT2D eigenvalue weighted by Crippen LogP contribution is 2.41. The summed E-state index contributed by atoms with van der Waals surface area (Å²) in [5.41, 5.74) is 3.61. The molecule has 0 saturated heterocycles. The highest BCUT2D eigenvalue weighted by molar-refractivity contribution is 5.99. The maximum atomic E-state index is 13.2. The maximum absolute atomic E-state index is 13.2. The summed E-state index contributed by atoms with van der Waals surface area (Å²) in [5.74, 6) is -1.41. The summed E-state index contributed by atoms with van der Waals surface area (Å²) >= 11 is 0. The minimum absolute atomic E-state index is 0.0383. The number of pyridine rings is 1. The summed E-state index contributed by atoms with van der Waals surface area (Å²) in [5, 5.41) is 0. The summed E-state index contributed by atoms with van der Waals surface area (Å²) in [4.78, 5) is 41.9. The van der Waals surface area contributed by atoms with Crippen molar-refractivity contribution >= 4 is 17.7 Å². The largest absolute Gasteiger partial charge is 0.493 e. The molecular formula is C30H39NO6. The van der Waals surface area contributed by atoms with E-state index in [4.69, 9.17) is 14.2 Å². The number of benzene rings is 1. The Labute approximate surface area is 219 Å². The molecule has 1 aliphatic rings. The number of nitrogens with zero attached hydrogens (tertiary/aromatic N) is 1. The summed E-state index contributed by atoms with van der Waals surface area (Å²) in [7, 11) is 1.41. The lowest BCUT2D eigenvalue weighted by Gasteiger charge is -2.35. The lowest BCUT2D eigenvalue weighted by Crippen LogP contribution is -2.32. The summed E-state index contributed by atoms with van der Waals surface area (Å²) in [6.45, 7) is 9.08. The molecular weight excluding hydrogens is 470 g/mol. The molecule has 1 fully saturated rings. The van der Waals surface area contributed by atoms with E-state index >= 15 is 0 Å². The van der Waals surface area contributed by atoms with Crippen molar-refractivity contribution in [3.8, 4) is 11.5 Å². The number of carbonyl (C=O) groups excluding carboxylic acids is 3. The molecule has 3 rings (SSSR count). The van der Waals surface area contributed by atoms with Crippen LogP contribution in [-0.2, 0) is 14.3 Å². The third-order valence-corrected chi connectivity index (χ3v) is 7.24. The van der Waals surface area contributed by atoms with Gasteiger partial charge < -0.3 is 14.2 Å². The smallest absolute Gasteiger partial charge is 0.309 e. The van der Waals surface area contributed by atoms with Gasteiger partial charge in [0.2, 0.25) is 5.75 Å².